The summed E-state index contributed by atoms with van der Waals surface area (Å²) in [7, 11) is -8.30. The van der Waals surface area contributed by atoms with E-state index in [1.165, 1.54) is 37.4 Å². The summed E-state index contributed by atoms with van der Waals surface area (Å²) in [5.74, 6) is 0. The molecule has 18 nitrogen and oxygen atoms in total. The van der Waals surface area contributed by atoms with E-state index in [4.69, 9.17) is 74.9 Å². The molecular weight excluding hydrogens is 1410 g/mol. The Morgan fingerprint density at radius 3 is 1.04 bits per heavy atom. The maximum atomic E-state index is 14.6. The Labute approximate surface area is 639 Å². The van der Waals surface area contributed by atoms with Gasteiger partial charge in [-0.1, -0.05) is 250 Å². The van der Waals surface area contributed by atoms with Crippen molar-refractivity contribution in [2.75, 3.05) is 13.2 Å². The SMILES string of the molecule is CC1(C)CC(C)(C)OP(=O)(OC2C(OC3CCCCC3)OC(COCc3ccccc3)C(OCc3ccccc3)C2OCc2ccccc2)O1.CC1(C)CC(C)(C)OP(=O)(OC2C(Sc3ccccc3)OC(COCc3ccccc3)C(OCc3ccccc3)C2OCc2ccccc2)O1.OC1CCCCC1. The van der Waals surface area contributed by atoms with Gasteiger partial charge in [0.05, 0.1) is 87.5 Å². The highest BCUT2D eigenvalue weighted by Crippen LogP contribution is 2.64. The largest absolute Gasteiger partial charge is 0.476 e. The summed E-state index contributed by atoms with van der Waals surface area (Å²) in [6.07, 6.45) is 5.07. The van der Waals surface area contributed by atoms with Crippen molar-refractivity contribution >= 4 is 27.4 Å². The van der Waals surface area contributed by atoms with E-state index in [0.717, 1.165) is 76.8 Å². The molecule has 2 saturated carbocycles. The summed E-state index contributed by atoms with van der Waals surface area (Å²) < 4.78 is 127. The van der Waals surface area contributed by atoms with Gasteiger partial charge >= 0.3 is 15.6 Å². The third kappa shape index (κ3) is 26.4. The smallest absolute Gasteiger partial charge is 0.393 e. The Morgan fingerprint density at radius 1 is 0.374 bits per heavy atom. The van der Waals surface area contributed by atoms with Crippen molar-refractivity contribution in [3.63, 3.8) is 0 Å². The highest BCUT2D eigenvalue weighted by Gasteiger charge is 2.58. The fourth-order valence-corrected chi connectivity index (χ4v) is 20.1. The Hall–Kier alpha value is -5.29. The van der Waals surface area contributed by atoms with E-state index in [-0.39, 0.29) is 38.6 Å². The zero-order chi connectivity index (χ0) is 75.2. The third-order valence-electron chi connectivity index (χ3n) is 19.2. The van der Waals surface area contributed by atoms with E-state index in [9.17, 15) is 9.13 Å². The molecule has 6 aliphatic rings. The number of hydrogen-bond donors (Lipinski definition) is 1. The van der Waals surface area contributed by atoms with E-state index in [1.807, 2.05) is 268 Å². The van der Waals surface area contributed by atoms with Crippen molar-refractivity contribution in [1.29, 1.82) is 0 Å². The average Bonchev–Trinajstić information content (AvgIpc) is 0.762. The number of rotatable bonds is 28. The van der Waals surface area contributed by atoms with Crippen molar-refractivity contribution in [2.45, 2.75) is 272 Å². The second kappa shape index (κ2) is 39.8. The van der Waals surface area contributed by atoms with E-state index >= 15 is 0 Å². The molecule has 6 fully saturated rings. The summed E-state index contributed by atoms with van der Waals surface area (Å²) in [6.45, 7) is 17.5. The summed E-state index contributed by atoms with van der Waals surface area (Å²) in [4.78, 5) is 0.949. The number of aliphatic hydroxyl groups is 1. The summed E-state index contributed by atoms with van der Waals surface area (Å²) in [5, 5.41) is 8.91. The molecule has 4 saturated heterocycles. The molecule has 7 aromatic carbocycles. The number of hydrogen-bond acceptors (Lipinski definition) is 19. The molecule has 580 valence electrons. The summed E-state index contributed by atoms with van der Waals surface area (Å²) >= 11 is 1.46. The van der Waals surface area contributed by atoms with Gasteiger partial charge in [0, 0.05) is 17.7 Å². The molecule has 107 heavy (non-hydrogen) atoms. The van der Waals surface area contributed by atoms with Crippen LogP contribution in [0.2, 0.25) is 0 Å². The third-order valence-corrected chi connectivity index (χ3v) is 24.2. The van der Waals surface area contributed by atoms with Gasteiger partial charge in [0.2, 0.25) is 0 Å². The lowest BCUT2D eigenvalue weighted by molar-refractivity contribution is -0.327. The van der Waals surface area contributed by atoms with Crippen LogP contribution in [0.4, 0.5) is 0 Å². The van der Waals surface area contributed by atoms with Gasteiger partial charge in [-0.2, -0.15) is 0 Å². The summed E-state index contributed by atoms with van der Waals surface area (Å²) in [6, 6.07) is 69.7. The van der Waals surface area contributed by atoms with Crippen LogP contribution in [0.1, 0.15) is 166 Å². The van der Waals surface area contributed by atoms with Gasteiger partial charge in [-0.25, -0.2) is 9.13 Å². The van der Waals surface area contributed by atoms with Crippen LogP contribution < -0.4 is 0 Å². The molecule has 7 aromatic rings. The normalized spacial score (nSPS) is 26.6. The second-order valence-corrected chi connectivity index (χ2v) is 35.2. The first kappa shape index (κ1) is 82.7. The number of ether oxygens (including phenoxy) is 9. The molecule has 10 atom stereocenters. The van der Waals surface area contributed by atoms with Gasteiger partial charge in [-0.15, -0.1) is 0 Å². The number of benzene rings is 7. The van der Waals surface area contributed by atoms with Crippen LogP contribution in [-0.2, 0) is 119 Å². The lowest BCUT2D eigenvalue weighted by atomic mass is 9.93. The van der Waals surface area contributed by atoms with Crippen molar-refractivity contribution in [2.24, 2.45) is 0 Å². The zero-order valence-corrected chi connectivity index (χ0v) is 66.1. The van der Waals surface area contributed by atoms with Crippen LogP contribution in [0.15, 0.2) is 217 Å². The topological polar surface area (TPSA) is 193 Å². The first-order valence-electron chi connectivity index (χ1n) is 38.1. The average molecular weight is 1530 g/mol. The molecule has 0 amide bonds. The van der Waals surface area contributed by atoms with Gasteiger partial charge < -0.3 is 47.7 Å². The first-order chi connectivity index (χ1) is 51.5. The molecule has 4 heterocycles. The predicted molar refractivity (Wildman–Crippen MR) is 414 cm³/mol. The predicted octanol–water partition coefficient (Wildman–Crippen LogP) is 19.6. The summed E-state index contributed by atoms with van der Waals surface area (Å²) in [5.41, 5.74) is 2.31. The molecule has 4 aliphatic heterocycles. The molecular formula is C86H112O18P2S. The Bertz CT molecular complexity index is 3740. The molecule has 0 radical (unpaired) electrons. The quantitative estimate of drug-likeness (QED) is 0.0455. The van der Waals surface area contributed by atoms with Crippen LogP contribution in [0.3, 0.4) is 0 Å². The highest BCUT2D eigenvalue weighted by molar-refractivity contribution is 7.99. The maximum absolute atomic E-state index is 14.6. The number of phosphoric ester groups is 2. The monoisotopic (exact) mass is 1530 g/mol. The first-order valence-corrected chi connectivity index (χ1v) is 41.9. The molecule has 0 spiro atoms. The van der Waals surface area contributed by atoms with Crippen molar-refractivity contribution in [3.8, 4) is 0 Å². The number of phosphoric acid groups is 2. The Morgan fingerprint density at radius 2 is 0.682 bits per heavy atom. The van der Waals surface area contributed by atoms with Crippen molar-refractivity contribution in [3.05, 3.63) is 246 Å². The number of thioether (sulfide) groups is 1. The molecule has 0 bridgehead atoms. The fraction of sp³-hybridized carbons (Fsp3) is 0.512. The van der Waals surface area contributed by atoms with E-state index in [2.05, 4.69) is 0 Å². The molecule has 0 aromatic heterocycles. The van der Waals surface area contributed by atoms with Crippen LogP contribution in [-0.4, -0.2) is 113 Å². The molecule has 21 heteroatoms. The van der Waals surface area contributed by atoms with Gasteiger partial charge in [-0.3, -0.25) is 27.1 Å². The van der Waals surface area contributed by atoms with Gasteiger partial charge in [0.15, 0.2) is 6.29 Å². The standard InChI is InChI=1S/C40H53O9P.C40H47O8PS.C6H12O/c1-39(2)29-40(3,4)49-50(41,48-39)47-37-36(44-27-32-21-13-7-14-22-32)35(43-26-31-19-11-6-12-20-31)34(28-42-25-30-17-9-5-10-18-30)46-38(37)45-33-23-15-8-16-24-33;1-39(2)29-40(3,4)48-49(41,47-39)46-37-36(44-27-32-21-13-7-14-22-32)35(43-26-31-19-11-6-12-20-31)34(28-42-25-30-17-9-5-10-18-30)45-38(37)50-33-23-15-8-16-24-33;7-6-4-2-1-3-5-6/h5-7,9-14,17-22,33-38H,8,15-16,23-29H2,1-4H3;5-24,34-38H,25-29H2,1-4H3;6-7H,1-5H2. The van der Waals surface area contributed by atoms with Crippen LogP contribution in [0.25, 0.3) is 0 Å². The highest BCUT2D eigenvalue weighted by atomic mass is 32.2. The van der Waals surface area contributed by atoms with Crippen LogP contribution in [0, 0.1) is 0 Å². The minimum absolute atomic E-state index is 0.0359. The van der Waals surface area contributed by atoms with Gasteiger partial charge in [0.25, 0.3) is 0 Å². The molecule has 2 aliphatic carbocycles. The van der Waals surface area contributed by atoms with Gasteiger partial charge in [-0.05, 0) is 127 Å². The van der Waals surface area contributed by atoms with Crippen molar-refractivity contribution in [1.82, 2.24) is 0 Å². The van der Waals surface area contributed by atoms with Crippen molar-refractivity contribution < 1.29 is 84.0 Å². The lowest BCUT2D eigenvalue weighted by Crippen LogP contribution is -2.62. The maximum Gasteiger partial charge on any atom is 0.476 e. The molecule has 10 unspecified atom stereocenters. The minimum atomic E-state index is -4.16. The zero-order valence-electron chi connectivity index (χ0n) is 63.5. The second-order valence-electron chi connectivity index (χ2n) is 31.0. The van der Waals surface area contributed by atoms with E-state index in [0.29, 0.717) is 39.3 Å². The van der Waals surface area contributed by atoms with Gasteiger partial charge in [0.1, 0.15) is 54.3 Å². The Kier molecular flexibility index (Phi) is 30.7. The van der Waals surface area contributed by atoms with Crippen LogP contribution in [0.5, 0.6) is 0 Å². The van der Waals surface area contributed by atoms with E-state index in [1.54, 1.807) is 0 Å². The molecule has 1 N–H and O–H groups in total. The Balaban J connectivity index is 0.000000195. The minimum Gasteiger partial charge on any atom is -0.393 e. The van der Waals surface area contributed by atoms with Crippen LogP contribution >= 0.6 is 27.4 Å². The number of aliphatic hydroxyl groups excluding tert-OH is 1. The lowest BCUT2D eigenvalue weighted by Gasteiger charge is -2.49. The van der Waals surface area contributed by atoms with E-state index < -0.39 is 98.6 Å². The molecule has 13 rings (SSSR count). The fourth-order valence-electron chi connectivity index (χ4n) is 15.0.